The van der Waals surface area contributed by atoms with Crippen LogP contribution in [0.1, 0.15) is 18.2 Å². The second kappa shape index (κ2) is 8.69. The van der Waals surface area contributed by atoms with Crippen molar-refractivity contribution >= 4 is 51.8 Å². The Hall–Kier alpha value is -3.52. The van der Waals surface area contributed by atoms with E-state index in [9.17, 15) is 14.7 Å². The quantitative estimate of drug-likeness (QED) is 0.251. The van der Waals surface area contributed by atoms with E-state index in [4.69, 9.17) is 9.15 Å². The van der Waals surface area contributed by atoms with Crippen molar-refractivity contribution in [1.82, 2.24) is 9.55 Å². The van der Waals surface area contributed by atoms with Gasteiger partial charge in [0.2, 0.25) is 0 Å². The molecule has 0 atom stereocenters. The van der Waals surface area contributed by atoms with Gasteiger partial charge in [-0.1, -0.05) is 30.3 Å². The second-order valence-electron chi connectivity index (χ2n) is 6.77. The fourth-order valence-corrected chi connectivity index (χ4v) is 4.16. The molecule has 0 fully saturated rings. The summed E-state index contributed by atoms with van der Waals surface area (Å²) in [5.74, 6) is -1.44. The number of para-hydroxylation sites is 3. The number of nitrogens with zero attached hydrogens (tertiary/aromatic N) is 2. The third-order valence-corrected chi connectivity index (χ3v) is 5.69. The Morgan fingerprint density at radius 3 is 2.68 bits per heavy atom. The molecule has 2 aromatic heterocycles. The van der Waals surface area contributed by atoms with Gasteiger partial charge in [-0.3, -0.25) is 4.79 Å². The van der Waals surface area contributed by atoms with E-state index in [1.54, 1.807) is 25.1 Å². The molecule has 0 aliphatic heterocycles. The Balaban J connectivity index is 1.77. The zero-order chi connectivity index (χ0) is 22.0. The summed E-state index contributed by atoms with van der Waals surface area (Å²) >= 11 is 0.949. The number of thioether (sulfide) groups is 1. The molecule has 7 nitrogen and oxygen atoms in total. The second-order valence-corrected chi connectivity index (χ2v) is 7.76. The van der Waals surface area contributed by atoms with E-state index in [0.29, 0.717) is 17.7 Å². The van der Waals surface area contributed by atoms with E-state index in [1.165, 1.54) is 0 Å². The number of ether oxygens (including phenoxy) is 1. The highest BCUT2D eigenvalue weighted by Gasteiger charge is 2.19. The topological polar surface area (TPSA) is 94.6 Å². The minimum absolute atomic E-state index is 0.0503. The van der Waals surface area contributed by atoms with Crippen molar-refractivity contribution in [3.63, 3.8) is 0 Å². The van der Waals surface area contributed by atoms with Crippen LogP contribution >= 0.6 is 11.8 Å². The molecule has 0 amide bonds. The maximum Gasteiger partial charge on any atom is 0.342 e. The summed E-state index contributed by atoms with van der Waals surface area (Å²) in [5.41, 5.74) is 3.58. The molecule has 2 heterocycles. The van der Waals surface area contributed by atoms with Crippen molar-refractivity contribution < 1.29 is 23.8 Å². The molecule has 0 unspecified atom stereocenters. The number of carbonyl (C=O) groups excluding carboxylic acids is 1. The molecule has 2 aromatic carbocycles. The first-order valence-corrected chi connectivity index (χ1v) is 10.5. The molecule has 0 radical (unpaired) electrons. The first-order chi connectivity index (χ1) is 15.0. The largest absolute Gasteiger partial charge is 0.477 e. The summed E-state index contributed by atoms with van der Waals surface area (Å²) in [6.07, 6.45) is 1.60. The number of carbonyl (C=O) groups is 2. The Morgan fingerprint density at radius 2 is 1.94 bits per heavy atom. The van der Waals surface area contributed by atoms with Crippen LogP contribution in [0.2, 0.25) is 0 Å². The summed E-state index contributed by atoms with van der Waals surface area (Å²) in [5, 5.41) is 10.9. The third-order valence-electron chi connectivity index (χ3n) is 4.83. The number of hydrogen-bond acceptors (Lipinski definition) is 6. The van der Waals surface area contributed by atoms with Gasteiger partial charge >= 0.3 is 11.9 Å². The Morgan fingerprint density at radius 1 is 1.19 bits per heavy atom. The van der Waals surface area contributed by atoms with Gasteiger partial charge in [0, 0.05) is 22.2 Å². The van der Waals surface area contributed by atoms with Gasteiger partial charge in [-0.15, -0.1) is 0 Å². The van der Waals surface area contributed by atoms with E-state index < -0.39 is 5.97 Å². The predicted octanol–water partition coefficient (Wildman–Crippen LogP) is 4.87. The van der Waals surface area contributed by atoms with Crippen molar-refractivity contribution in [2.75, 3.05) is 6.61 Å². The number of carboxylic acid groups (broad SMARTS) is 1. The Bertz CT molecular complexity index is 1290. The fraction of sp³-hybridized carbons (Fsp3) is 0.174. The minimum atomic E-state index is -1.09. The molecule has 0 aliphatic rings. The number of aromatic nitrogens is 2. The number of hydrogen-bond donors (Lipinski definition) is 1. The van der Waals surface area contributed by atoms with Gasteiger partial charge in [-0.2, -0.15) is 0 Å². The molecular formula is C23H20N2O5S. The third kappa shape index (κ3) is 4.20. The van der Waals surface area contributed by atoms with Gasteiger partial charge < -0.3 is 18.8 Å². The van der Waals surface area contributed by atoms with Crippen LogP contribution in [0.5, 0.6) is 0 Å². The van der Waals surface area contributed by atoms with Gasteiger partial charge in [0.05, 0.1) is 6.61 Å². The summed E-state index contributed by atoms with van der Waals surface area (Å²) in [4.78, 5) is 28.5. The van der Waals surface area contributed by atoms with Crippen LogP contribution < -0.4 is 0 Å². The summed E-state index contributed by atoms with van der Waals surface area (Å²) < 4.78 is 12.6. The number of aliphatic carboxylic acids is 1. The molecule has 0 saturated carbocycles. The van der Waals surface area contributed by atoms with Crippen LogP contribution in [0.4, 0.5) is 0 Å². The van der Waals surface area contributed by atoms with Crippen LogP contribution in [-0.2, 0) is 20.9 Å². The number of fused-ring (bicyclic) bond motifs is 2. The molecule has 8 heteroatoms. The average molecular weight is 436 g/mol. The first-order valence-electron chi connectivity index (χ1n) is 9.69. The van der Waals surface area contributed by atoms with Crippen LogP contribution in [-0.4, -0.2) is 33.2 Å². The lowest BCUT2D eigenvalue weighted by atomic mass is 10.1. The standard InChI is InChI=1S/C23H20N2O5S/c1-3-29-21(26)13-25-14(2)16(15-8-4-6-10-18(15)25)12-20(22(27)28)31-23-24-17-9-5-7-11-19(17)30-23/h4-12H,3,13H2,1-2H3,(H,27,28)/b20-12-. The first kappa shape index (κ1) is 20.7. The highest BCUT2D eigenvalue weighted by atomic mass is 32.2. The molecule has 1 N–H and O–H groups in total. The lowest BCUT2D eigenvalue weighted by Crippen LogP contribution is -2.14. The highest BCUT2D eigenvalue weighted by molar-refractivity contribution is 8.03. The number of benzene rings is 2. The maximum absolute atomic E-state index is 12.1. The molecule has 0 bridgehead atoms. The molecule has 4 aromatic rings. The van der Waals surface area contributed by atoms with E-state index in [1.807, 2.05) is 47.9 Å². The van der Waals surface area contributed by atoms with E-state index >= 15 is 0 Å². The summed E-state index contributed by atoms with van der Waals surface area (Å²) in [7, 11) is 0. The van der Waals surface area contributed by atoms with E-state index in [2.05, 4.69) is 4.98 Å². The maximum atomic E-state index is 12.1. The van der Waals surface area contributed by atoms with Crippen molar-refractivity contribution in [2.24, 2.45) is 0 Å². The van der Waals surface area contributed by atoms with Gasteiger partial charge in [-0.25, -0.2) is 9.78 Å². The number of carboxylic acids is 1. The smallest absolute Gasteiger partial charge is 0.342 e. The van der Waals surface area contributed by atoms with Gasteiger partial charge in [0.25, 0.3) is 5.22 Å². The number of rotatable bonds is 7. The van der Waals surface area contributed by atoms with E-state index in [0.717, 1.165) is 33.9 Å². The van der Waals surface area contributed by atoms with Crippen LogP contribution in [0, 0.1) is 6.92 Å². The normalized spacial score (nSPS) is 11.9. The number of esters is 1. The van der Waals surface area contributed by atoms with Gasteiger partial charge in [0.15, 0.2) is 5.58 Å². The lowest BCUT2D eigenvalue weighted by molar-refractivity contribution is -0.143. The van der Waals surface area contributed by atoms with Crippen LogP contribution in [0.3, 0.4) is 0 Å². The molecule has 4 rings (SSSR count). The molecule has 158 valence electrons. The SMILES string of the molecule is CCOC(=O)Cn1c(C)c(/C=C(\Sc2nc3ccccc3o2)C(=O)O)c2ccccc21. The van der Waals surface area contributed by atoms with Crippen LogP contribution in [0.25, 0.3) is 28.1 Å². The Kier molecular flexibility index (Phi) is 5.81. The fourth-order valence-electron chi connectivity index (χ4n) is 3.43. The van der Waals surface area contributed by atoms with Crippen molar-refractivity contribution in [3.8, 4) is 0 Å². The van der Waals surface area contributed by atoms with Crippen LogP contribution in [0.15, 0.2) is 63.1 Å². The van der Waals surface area contributed by atoms with E-state index in [-0.39, 0.29) is 22.6 Å². The highest BCUT2D eigenvalue weighted by Crippen LogP contribution is 2.34. The van der Waals surface area contributed by atoms with Crippen molar-refractivity contribution in [1.29, 1.82) is 0 Å². The summed E-state index contributed by atoms with van der Waals surface area (Å²) in [6.45, 7) is 3.96. The molecule has 0 aliphatic carbocycles. The number of oxazole rings is 1. The molecular weight excluding hydrogens is 416 g/mol. The average Bonchev–Trinajstić information content (AvgIpc) is 3.27. The van der Waals surface area contributed by atoms with Gasteiger partial charge in [0.1, 0.15) is 17.0 Å². The lowest BCUT2D eigenvalue weighted by Gasteiger charge is -2.07. The zero-order valence-electron chi connectivity index (χ0n) is 17.0. The molecule has 0 saturated heterocycles. The van der Waals surface area contributed by atoms with Gasteiger partial charge in [-0.05, 0) is 49.9 Å². The summed E-state index contributed by atoms with van der Waals surface area (Å²) in [6, 6.07) is 14.8. The monoisotopic (exact) mass is 436 g/mol. The predicted molar refractivity (Wildman–Crippen MR) is 119 cm³/mol. The van der Waals surface area contributed by atoms with Crippen molar-refractivity contribution in [2.45, 2.75) is 25.6 Å². The molecule has 0 spiro atoms. The minimum Gasteiger partial charge on any atom is -0.477 e. The Labute approximate surface area is 182 Å². The van der Waals surface area contributed by atoms with Crippen molar-refractivity contribution in [3.05, 3.63) is 64.7 Å². The zero-order valence-corrected chi connectivity index (χ0v) is 17.8. The molecule has 31 heavy (non-hydrogen) atoms.